The van der Waals surface area contributed by atoms with Crippen LogP contribution in [0.15, 0.2) is 15.9 Å². The first-order chi connectivity index (χ1) is 7.29. The van der Waals surface area contributed by atoms with Crippen LogP contribution in [0, 0.1) is 0 Å². The van der Waals surface area contributed by atoms with Crippen molar-refractivity contribution in [3.8, 4) is 0 Å². The molecule has 2 nitrogen and oxygen atoms in total. The minimum Gasteiger partial charge on any atom is -0.367 e. The number of hydrogen-bond acceptors (Lipinski definition) is 3. The Morgan fingerprint density at radius 3 is 3.07 bits per heavy atom. The van der Waals surface area contributed by atoms with E-state index < -0.39 is 0 Å². The Labute approximate surface area is 103 Å². The molecule has 0 bridgehead atoms. The van der Waals surface area contributed by atoms with Crippen LogP contribution in [0.25, 0.3) is 0 Å². The van der Waals surface area contributed by atoms with Crippen molar-refractivity contribution in [3.05, 3.63) is 20.8 Å². The summed E-state index contributed by atoms with van der Waals surface area (Å²) in [6, 6.07) is 4.24. The van der Waals surface area contributed by atoms with Gasteiger partial charge in [0.25, 0.3) is 0 Å². The average molecular weight is 290 g/mol. The Morgan fingerprint density at radius 1 is 1.53 bits per heavy atom. The van der Waals surface area contributed by atoms with Gasteiger partial charge >= 0.3 is 0 Å². The van der Waals surface area contributed by atoms with Crippen molar-refractivity contribution in [2.24, 2.45) is 0 Å². The Kier molecular flexibility index (Phi) is 4.20. The number of thiophene rings is 1. The topological polar surface area (TPSA) is 21.3 Å². The van der Waals surface area contributed by atoms with Crippen molar-refractivity contribution in [3.63, 3.8) is 0 Å². The van der Waals surface area contributed by atoms with Crippen molar-refractivity contribution in [1.82, 2.24) is 5.32 Å². The van der Waals surface area contributed by atoms with Gasteiger partial charge in [-0.2, -0.15) is 0 Å². The Bertz CT molecular complexity index is 313. The molecule has 2 atom stereocenters. The molecule has 0 spiro atoms. The van der Waals surface area contributed by atoms with E-state index in [-0.39, 0.29) is 6.10 Å². The zero-order valence-corrected chi connectivity index (χ0v) is 11.2. The maximum absolute atomic E-state index is 6.05. The summed E-state index contributed by atoms with van der Waals surface area (Å²) in [6.45, 7) is 4.14. The molecular weight excluding hydrogens is 274 g/mol. The number of rotatable bonds is 3. The van der Waals surface area contributed by atoms with Gasteiger partial charge in [-0.1, -0.05) is 13.3 Å². The maximum atomic E-state index is 6.05. The molecule has 0 aliphatic carbocycles. The van der Waals surface area contributed by atoms with E-state index in [1.54, 1.807) is 11.3 Å². The average Bonchev–Trinajstić information content (AvgIpc) is 2.66. The second kappa shape index (κ2) is 5.43. The van der Waals surface area contributed by atoms with Gasteiger partial charge < -0.3 is 10.1 Å². The summed E-state index contributed by atoms with van der Waals surface area (Å²) in [4.78, 5) is 1.31. The highest BCUT2D eigenvalue weighted by Crippen LogP contribution is 2.31. The van der Waals surface area contributed by atoms with Crippen LogP contribution in [0.3, 0.4) is 0 Å². The fourth-order valence-electron chi connectivity index (χ4n) is 1.87. The third-order valence-electron chi connectivity index (χ3n) is 2.58. The summed E-state index contributed by atoms with van der Waals surface area (Å²) in [6.07, 6.45) is 2.96. The molecule has 4 heteroatoms. The molecule has 2 heterocycles. The maximum Gasteiger partial charge on any atom is 0.104 e. The third kappa shape index (κ3) is 3.03. The van der Waals surface area contributed by atoms with Crippen LogP contribution in [0.4, 0.5) is 0 Å². The van der Waals surface area contributed by atoms with E-state index in [4.69, 9.17) is 4.74 Å². The Morgan fingerprint density at radius 2 is 2.40 bits per heavy atom. The molecule has 1 aromatic rings. The van der Waals surface area contributed by atoms with Crippen LogP contribution in [-0.4, -0.2) is 19.2 Å². The molecule has 2 unspecified atom stereocenters. The fourth-order valence-corrected chi connectivity index (χ4v) is 3.33. The Balaban J connectivity index is 1.98. The molecule has 0 radical (unpaired) electrons. The van der Waals surface area contributed by atoms with Gasteiger partial charge in [-0.3, -0.25) is 0 Å². The molecule has 1 aliphatic rings. The zero-order valence-electron chi connectivity index (χ0n) is 8.83. The molecule has 1 fully saturated rings. The highest BCUT2D eigenvalue weighted by Gasteiger charge is 2.23. The van der Waals surface area contributed by atoms with E-state index in [0.717, 1.165) is 19.5 Å². The first-order valence-electron chi connectivity index (χ1n) is 5.41. The van der Waals surface area contributed by atoms with Gasteiger partial charge in [0.2, 0.25) is 0 Å². The molecular formula is C11H16BrNOS. The predicted molar refractivity (Wildman–Crippen MR) is 67.4 cm³/mol. The summed E-state index contributed by atoms with van der Waals surface area (Å²) in [5.41, 5.74) is 0. The SMILES string of the molecule is CCCC1CNCC(c2ccc(Br)s2)O1. The molecule has 1 aliphatic heterocycles. The van der Waals surface area contributed by atoms with Crippen LogP contribution in [0.1, 0.15) is 30.7 Å². The monoisotopic (exact) mass is 289 g/mol. The lowest BCUT2D eigenvalue weighted by Gasteiger charge is -2.30. The quantitative estimate of drug-likeness (QED) is 0.922. The van der Waals surface area contributed by atoms with Crippen molar-refractivity contribution in [1.29, 1.82) is 0 Å². The van der Waals surface area contributed by atoms with Crippen molar-refractivity contribution >= 4 is 27.3 Å². The smallest absolute Gasteiger partial charge is 0.104 e. The number of halogens is 1. The van der Waals surface area contributed by atoms with Gasteiger partial charge in [0.15, 0.2) is 0 Å². The van der Waals surface area contributed by atoms with Crippen LogP contribution in [0.5, 0.6) is 0 Å². The van der Waals surface area contributed by atoms with E-state index in [2.05, 4.69) is 40.3 Å². The number of hydrogen-bond donors (Lipinski definition) is 1. The standard InChI is InChI=1S/C11H16BrNOS/c1-2-3-8-6-13-7-9(14-8)10-4-5-11(12)15-10/h4-5,8-9,13H,2-3,6-7H2,1H3. The molecule has 84 valence electrons. The van der Waals surface area contributed by atoms with Crippen molar-refractivity contribution in [2.45, 2.75) is 32.0 Å². The van der Waals surface area contributed by atoms with Gasteiger partial charge in [-0.25, -0.2) is 0 Å². The third-order valence-corrected chi connectivity index (χ3v) is 4.30. The lowest BCUT2D eigenvalue weighted by atomic mass is 10.1. The van der Waals surface area contributed by atoms with Crippen molar-refractivity contribution < 1.29 is 4.74 Å². The summed E-state index contributed by atoms with van der Waals surface area (Å²) in [5, 5.41) is 3.44. The van der Waals surface area contributed by atoms with Gasteiger partial charge in [0.1, 0.15) is 6.10 Å². The second-order valence-electron chi connectivity index (χ2n) is 3.84. The first kappa shape index (κ1) is 11.6. The van der Waals surface area contributed by atoms with Crippen LogP contribution >= 0.6 is 27.3 Å². The molecule has 0 saturated carbocycles. The summed E-state index contributed by atoms with van der Waals surface area (Å²) in [7, 11) is 0. The van der Waals surface area contributed by atoms with E-state index in [0.29, 0.717) is 6.10 Å². The number of morpholine rings is 1. The van der Waals surface area contributed by atoms with Crippen LogP contribution in [-0.2, 0) is 4.74 Å². The highest BCUT2D eigenvalue weighted by molar-refractivity contribution is 9.11. The predicted octanol–water partition coefficient (Wildman–Crippen LogP) is 3.34. The first-order valence-corrected chi connectivity index (χ1v) is 7.02. The van der Waals surface area contributed by atoms with Gasteiger partial charge in [0.05, 0.1) is 9.89 Å². The molecule has 0 amide bonds. The highest BCUT2D eigenvalue weighted by atomic mass is 79.9. The summed E-state index contributed by atoms with van der Waals surface area (Å²) >= 11 is 5.25. The molecule has 1 N–H and O–H groups in total. The summed E-state index contributed by atoms with van der Waals surface area (Å²) in [5.74, 6) is 0. The van der Waals surface area contributed by atoms with Crippen LogP contribution in [0.2, 0.25) is 0 Å². The Hall–Kier alpha value is 0.1000. The lowest BCUT2D eigenvalue weighted by Crippen LogP contribution is -2.40. The molecule has 2 rings (SSSR count). The largest absolute Gasteiger partial charge is 0.367 e. The van der Waals surface area contributed by atoms with Gasteiger partial charge in [0, 0.05) is 18.0 Å². The van der Waals surface area contributed by atoms with E-state index in [1.165, 1.54) is 15.1 Å². The van der Waals surface area contributed by atoms with E-state index >= 15 is 0 Å². The zero-order chi connectivity index (χ0) is 10.7. The molecule has 15 heavy (non-hydrogen) atoms. The lowest BCUT2D eigenvalue weighted by molar-refractivity contribution is -0.0407. The van der Waals surface area contributed by atoms with Gasteiger partial charge in [-0.05, 0) is 34.5 Å². The second-order valence-corrected chi connectivity index (χ2v) is 6.33. The fraction of sp³-hybridized carbons (Fsp3) is 0.636. The molecule has 1 aromatic heterocycles. The number of ether oxygens (including phenoxy) is 1. The van der Waals surface area contributed by atoms with E-state index in [1.807, 2.05) is 0 Å². The molecule has 0 aromatic carbocycles. The summed E-state index contributed by atoms with van der Waals surface area (Å²) < 4.78 is 7.23. The van der Waals surface area contributed by atoms with Gasteiger partial charge in [-0.15, -0.1) is 11.3 Å². The molecule has 1 saturated heterocycles. The normalized spacial score (nSPS) is 26.8. The number of nitrogens with one attached hydrogen (secondary N) is 1. The minimum atomic E-state index is 0.242. The van der Waals surface area contributed by atoms with Crippen LogP contribution < -0.4 is 5.32 Å². The van der Waals surface area contributed by atoms with E-state index in [9.17, 15) is 0 Å². The van der Waals surface area contributed by atoms with Crippen molar-refractivity contribution in [2.75, 3.05) is 13.1 Å². The minimum absolute atomic E-state index is 0.242.